The molecule has 1 aromatic heterocycles. The average Bonchev–Trinajstić information content (AvgIpc) is 2.75. The van der Waals surface area contributed by atoms with Gasteiger partial charge in [-0.25, -0.2) is 9.78 Å². The predicted octanol–water partition coefficient (Wildman–Crippen LogP) is 3.83. The minimum atomic E-state index is -4.56. The molecule has 7 nitrogen and oxygen atoms in total. The van der Waals surface area contributed by atoms with Crippen molar-refractivity contribution in [3.8, 4) is 0 Å². The van der Waals surface area contributed by atoms with E-state index < -0.39 is 23.9 Å². The molecule has 2 heterocycles. The van der Waals surface area contributed by atoms with Crippen LogP contribution in [-0.4, -0.2) is 41.2 Å². The molecule has 1 saturated carbocycles. The Morgan fingerprint density at radius 2 is 1.88 bits per heavy atom. The number of benzene rings is 1. The maximum Gasteiger partial charge on any atom is 0.433 e. The highest BCUT2D eigenvalue weighted by Gasteiger charge is 2.38. The van der Waals surface area contributed by atoms with E-state index in [1.165, 1.54) is 0 Å². The van der Waals surface area contributed by atoms with Gasteiger partial charge in [-0.05, 0) is 55.5 Å². The molecular formula is C23H25F3N4O3. The third kappa shape index (κ3) is 4.80. The molecule has 2 aromatic rings. The van der Waals surface area contributed by atoms with E-state index in [2.05, 4.69) is 15.6 Å². The molecule has 2 fully saturated rings. The maximum absolute atomic E-state index is 13.0. The van der Waals surface area contributed by atoms with Gasteiger partial charge in [-0.15, -0.1) is 0 Å². The summed E-state index contributed by atoms with van der Waals surface area (Å²) in [6, 6.07) is 8.04. The largest absolute Gasteiger partial charge is 0.433 e. The van der Waals surface area contributed by atoms with Crippen LogP contribution in [0.3, 0.4) is 0 Å². The van der Waals surface area contributed by atoms with Crippen molar-refractivity contribution in [3.63, 3.8) is 0 Å². The number of rotatable bonds is 5. The Morgan fingerprint density at radius 3 is 2.42 bits per heavy atom. The van der Waals surface area contributed by atoms with Crippen LogP contribution < -0.4 is 15.5 Å². The second-order valence-corrected chi connectivity index (χ2v) is 8.55. The minimum absolute atomic E-state index is 0.0880. The van der Waals surface area contributed by atoms with E-state index in [1.807, 2.05) is 24.3 Å². The lowest BCUT2D eigenvalue weighted by atomic mass is 9.65. The van der Waals surface area contributed by atoms with Crippen molar-refractivity contribution in [3.05, 3.63) is 53.9 Å². The van der Waals surface area contributed by atoms with Gasteiger partial charge in [-0.1, -0.05) is 18.6 Å². The van der Waals surface area contributed by atoms with Crippen molar-refractivity contribution >= 4 is 23.3 Å². The quantitative estimate of drug-likeness (QED) is 0.630. The Labute approximate surface area is 189 Å². The molecule has 33 heavy (non-hydrogen) atoms. The first kappa shape index (κ1) is 23.0. The normalized spacial score (nSPS) is 20.2. The summed E-state index contributed by atoms with van der Waals surface area (Å²) in [6.45, 7) is 0.622. The molecule has 0 radical (unpaired) electrons. The highest BCUT2D eigenvalue weighted by atomic mass is 19.4. The third-order valence-electron chi connectivity index (χ3n) is 6.46. The fourth-order valence-electron chi connectivity index (χ4n) is 4.36. The van der Waals surface area contributed by atoms with Crippen molar-refractivity contribution < 1.29 is 27.9 Å². The number of hydrogen-bond donors (Lipinski definition) is 3. The van der Waals surface area contributed by atoms with E-state index in [9.17, 15) is 27.9 Å². The molecule has 0 unspecified atom stereocenters. The minimum Gasteiger partial charge on any atom is -0.395 e. The number of pyridine rings is 1. The average molecular weight is 462 g/mol. The number of piperidine rings is 1. The number of carbonyl (C=O) groups is 2. The zero-order valence-corrected chi connectivity index (χ0v) is 17.9. The van der Waals surface area contributed by atoms with Crippen LogP contribution >= 0.6 is 0 Å². The topological polar surface area (TPSA) is 94.6 Å². The zero-order chi connectivity index (χ0) is 23.6. The second-order valence-electron chi connectivity index (χ2n) is 8.55. The number of aliphatic hydroxyl groups is 1. The molecule has 0 spiro atoms. The van der Waals surface area contributed by atoms with Gasteiger partial charge in [0.25, 0.3) is 0 Å². The first-order valence-electron chi connectivity index (χ1n) is 10.9. The first-order valence-corrected chi connectivity index (χ1v) is 10.9. The smallest absolute Gasteiger partial charge is 0.395 e. The van der Waals surface area contributed by atoms with Gasteiger partial charge in [-0.3, -0.25) is 4.79 Å². The number of nitrogens with zero attached hydrogens (tertiary/aromatic N) is 2. The number of halogens is 3. The van der Waals surface area contributed by atoms with Crippen LogP contribution in [-0.2, 0) is 16.4 Å². The van der Waals surface area contributed by atoms with E-state index in [1.54, 1.807) is 4.90 Å². The van der Waals surface area contributed by atoms with E-state index in [4.69, 9.17) is 0 Å². The van der Waals surface area contributed by atoms with Gasteiger partial charge in [0.1, 0.15) is 11.7 Å². The van der Waals surface area contributed by atoms with Crippen molar-refractivity contribution in [2.45, 2.75) is 49.7 Å². The number of hydrogen-bond acceptors (Lipinski definition) is 4. The summed E-state index contributed by atoms with van der Waals surface area (Å²) in [6.07, 6.45) is 0.473. The lowest BCUT2D eigenvalue weighted by Crippen LogP contribution is -2.53. The molecule has 1 aromatic carbocycles. The van der Waals surface area contributed by atoms with Gasteiger partial charge >= 0.3 is 12.2 Å². The number of nitrogens with one attached hydrogen (secondary N) is 2. The van der Waals surface area contributed by atoms with Gasteiger partial charge < -0.3 is 20.6 Å². The fraction of sp³-hybridized carbons (Fsp3) is 0.435. The van der Waals surface area contributed by atoms with Crippen LogP contribution in [0.25, 0.3) is 0 Å². The summed E-state index contributed by atoms with van der Waals surface area (Å²) in [5.74, 6) is -0.254. The molecule has 0 bridgehead atoms. The summed E-state index contributed by atoms with van der Waals surface area (Å²) < 4.78 is 37.8. The van der Waals surface area contributed by atoms with Crippen LogP contribution in [0.1, 0.15) is 43.4 Å². The van der Waals surface area contributed by atoms with Crippen LogP contribution in [0.15, 0.2) is 42.6 Å². The Bertz CT molecular complexity index is 1000. The van der Waals surface area contributed by atoms with Gasteiger partial charge in [0.05, 0.1) is 18.5 Å². The molecule has 1 saturated heterocycles. The van der Waals surface area contributed by atoms with Crippen molar-refractivity contribution in [1.29, 1.82) is 0 Å². The van der Waals surface area contributed by atoms with Crippen molar-refractivity contribution in [2.24, 2.45) is 0 Å². The van der Waals surface area contributed by atoms with Gasteiger partial charge in [0.15, 0.2) is 0 Å². The van der Waals surface area contributed by atoms with Crippen LogP contribution in [0.2, 0.25) is 0 Å². The summed E-state index contributed by atoms with van der Waals surface area (Å²) in [4.78, 5) is 30.2. The molecule has 1 aliphatic carbocycles. The lowest BCUT2D eigenvalue weighted by Gasteiger charge is -2.41. The summed E-state index contributed by atoms with van der Waals surface area (Å²) >= 11 is 0. The molecule has 3 amide bonds. The Morgan fingerprint density at radius 1 is 1.15 bits per heavy atom. The SMILES string of the molecule is O=C(Nc1ccc(C(F)(F)F)nc1)N[C@@H]1CCCN(c2ccc(C3(CO)CCC3)cc2)C1=O. The first-order chi connectivity index (χ1) is 15.7. The highest BCUT2D eigenvalue weighted by Crippen LogP contribution is 2.43. The monoisotopic (exact) mass is 462 g/mol. The zero-order valence-electron chi connectivity index (χ0n) is 17.9. The van der Waals surface area contributed by atoms with E-state index >= 15 is 0 Å². The number of urea groups is 1. The molecule has 1 aliphatic heterocycles. The Balaban J connectivity index is 1.37. The number of aromatic nitrogens is 1. The Kier molecular flexibility index (Phi) is 6.29. The van der Waals surface area contributed by atoms with Crippen LogP contribution in [0, 0.1) is 0 Å². The predicted molar refractivity (Wildman–Crippen MR) is 116 cm³/mol. The van der Waals surface area contributed by atoms with Crippen LogP contribution in [0.5, 0.6) is 0 Å². The van der Waals surface area contributed by atoms with Gasteiger partial charge in [-0.2, -0.15) is 13.2 Å². The maximum atomic E-state index is 13.0. The molecule has 4 rings (SSSR count). The van der Waals surface area contributed by atoms with E-state index in [-0.39, 0.29) is 23.6 Å². The molecule has 3 N–H and O–H groups in total. The standard InChI is InChI=1S/C23H25F3N4O3/c24-23(25,26)19-9-6-16(13-27-19)28-21(33)29-18-3-1-12-30(20(18)32)17-7-4-15(5-8-17)22(14-31)10-2-11-22/h4-9,13,18,31H,1-3,10-12,14H2,(H2,28,29,33)/t18-/m1/s1. The summed E-state index contributed by atoms with van der Waals surface area (Å²) in [5, 5.41) is 14.8. The molecule has 10 heteroatoms. The molecule has 1 atom stereocenters. The Hall–Kier alpha value is -3.14. The molecule has 2 aliphatic rings. The highest BCUT2D eigenvalue weighted by molar-refractivity contribution is 6.01. The lowest BCUT2D eigenvalue weighted by molar-refractivity contribution is -0.141. The summed E-state index contributed by atoms with van der Waals surface area (Å²) in [7, 11) is 0. The van der Waals surface area contributed by atoms with Crippen LogP contribution in [0.4, 0.5) is 29.3 Å². The van der Waals surface area contributed by atoms with Crippen molar-refractivity contribution in [1.82, 2.24) is 10.3 Å². The van der Waals surface area contributed by atoms with E-state index in [0.717, 1.165) is 48.8 Å². The fourth-order valence-corrected chi connectivity index (χ4v) is 4.36. The number of aliphatic hydroxyl groups excluding tert-OH is 1. The third-order valence-corrected chi connectivity index (χ3v) is 6.46. The number of alkyl halides is 3. The number of carbonyl (C=O) groups excluding carboxylic acids is 2. The van der Waals surface area contributed by atoms with Crippen molar-refractivity contribution in [2.75, 3.05) is 23.4 Å². The van der Waals surface area contributed by atoms with Gasteiger partial charge in [0.2, 0.25) is 5.91 Å². The molecule has 176 valence electrons. The van der Waals surface area contributed by atoms with Gasteiger partial charge in [0, 0.05) is 17.6 Å². The number of amides is 3. The molecular weight excluding hydrogens is 437 g/mol. The summed E-state index contributed by atoms with van der Waals surface area (Å²) in [5.41, 5.74) is 0.628. The van der Waals surface area contributed by atoms with E-state index in [0.29, 0.717) is 19.4 Å². The second kappa shape index (κ2) is 9.01. The number of anilines is 2.